The number of unbranched alkanes of at least 4 members (excludes halogenated alkanes) is 2. The van der Waals surface area contributed by atoms with E-state index in [1.54, 1.807) is 25.5 Å². The quantitative estimate of drug-likeness (QED) is 0.250. The molecule has 3 rings (SSSR count). The van der Waals surface area contributed by atoms with Crippen LogP contribution < -0.4 is 4.74 Å². The van der Waals surface area contributed by atoms with E-state index >= 15 is 0 Å². The lowest BCUT2D eigenvalue weighted by atomic mass is 10.1. The van der Waals surface area contributed by atoms with Crippen LogP contribution in [0, 0.1) is 5.82 Å². The van der Waals surface area contributed by atoms with Crippen molar-refractivity contribution in [1.29, 1.82) is 0 Å². The fourth-order valence-electron chi connectivity index (χ4n) is 2.75. The number of aliphatic imine (C=N–C) groups is 1. The van der Waals surface area contributed by atoms with Gasteiger partial charge in [-0.1, -0.05) is 66.0 Å². The van der Waals surface area contributed by atoms with Gasteiger partial charge >= 0.3 is 0 Å². The summed E-state index contributed by atoms with van der Waals surface area (Å²) < 4.78 is 20.1. The number of ether oxygens (including phenoxy) is 1. The Labute approximate surface area is 241 Å². The lowest BCUT2D eigenvalue weighted by Crippen LogP contribution is -2.05. The molecule has 0 fully saturated rings. The number of nitrogens with zero attached hydrogens (tertiary/aromatic N) is 3. The number of methoxy groups -OCH3 is 1. The van der Waals surface area contributed by atoms with Gasteiger partial charge in [-0.05, 0) is 75.4 Å². The van der Waals surface area contributed by atoms with Crippen molar-refractivity contribution in [3.8, 4) is 22.7 Å². The van der Waals surface area contributed by atoms with E-state index in [4.69, 9.17) is 4.74 Å². The third-order valence-electron chi connectivity index (χ3n) is 5.25. The molecule has 0 spiro atoms. The van der Waals surface area contributed by atoms with Crippen molar-refractivity contribution in [2.24, 2.45) is 4.99 Å². The van der Waals surface area contributed by atoms with E-state index in [1.807, 2.05) is 61.0 Å². The molecule has 0 amide bonds. The first-order valence-electron chi connectivity index (χ1n) is 14.0. The van der Waals surface area contributed by atoms with Crippen LogP contribution in [0.25, 0.3) is 16.9 Å². The highest BCUT2D eigenvalue weighted by Crippen LogP contribution is 2.24. The second-order valence-corrected chi connectivity index (χ2v) is 9.04. The van der Waals surface area contributed by atoms with Crippen LogP contribution in [0.5, 0.6) is 5.75 Å². The van der Waals surface area contributed by atoms with Gasteiger partial charge in [-0.25, -0.2) is 9.37 Å². The van der Waals surface area contributed by atoms with Gasteiger partial charge in [0, 0.05) is 29.4 Å². The van der Waals surface area contributed by atoms with E-state index in [1.165, 1.54) is 44.7 Å². The molecule has 0 saturated carbocycles. The normalized spacial score (nSPS) is 10.1. The number of hydrogen-bond acceptors (Lipinski definition) is 4. The SMILES string of the molecule is C=C(C)N=C/C=C\C.CCCC.CCCC.COc1ccc(-c2cn(-c3ccc(F)cc3)c(CC(C)=O)n2)cc1. The van der Waals surface area contributed by atoms with Crippen LogP contribution in [-0.4, -0.2) is 28.7 Å². The molecule has 0 aliphatic rings. The molecule has 0 radical (unpaired) electrons. The van der Waals surface area contributed by atoms with Gasteiger partial charge in [0.25, 0.3) is 0 Å². The van der Waals surface area contributed by atoms with Crippen LogP contribution in [0.3, 0.4) is 0 Å². The Morgan fingerprint density at radius 2 is 1.52 bits per heavy atom. The van der Waals surface area contributed by atoms with E-state index in [0.29, 0.717) is 5.82 Å². The second kappa shape index (κ2) is 22.1. The molecule has 0 unspecified atom stereocenters. The van der Waals surface area contributed by atoms with Crippen molar-refractivity contribution in [3.63, 3.8) is 0 Å². The van der Waals surface area contributed by atoms with Gasteiger partial charge in [0.15, 0.2) is 0 Å². The Hall–Kier alpha value is -3.80. The van der Waals surface area contributed by atoms with Gasteiger partial charge in [0.2, 0.25) is 0 Å². The summed E-state index contributed by atoms with van der Waals surface area (Å²) in [4.78, 5) is 20.0. The molecule has 40 heavy (non-hydrogen) atoms. The van der Waals surface area contributed by atoms with Crippen molar-refractivity contribution in [2.45, 2.75) is 80.6 Å². The Bertz CT molecular complexity index is 1150. The number of carbonyl (C=O) groups is 1. The van der Waals surface area contributed by atoms with E-state index in [0.717, 1.165) is 28.4 Å². The maximum atomic E-state index is 13.2. The average molecular weight is 550 g/mol. The van der Waals surface area contributed by atoms with Crippen molar-refractivity contribution >= 4 is 12.0 Å². The van der Waals surface area contributed by atoms with Crippen LogP contribution >= 0.6 is 0 Å². The number of halogens is 1. The summed E-state index contributed by atoms with van der Waals surface area (Å²) in [5.74, 6) is 1.10. The van der Waals surface area contributed by atoms with Gasteiger partial charge in [-0.15, -0.1) is 0 Å². The fourth-order valence-corrected chi connectivity index (χ4v) is 2.75. The molecule has 6 heteroatoms. The average Bonchev–Trinajstić information content (AvgIpc) is 3.37. The van der Waals surface area contributed by atoms with Crippen LogP contribution in [0.4, 0.5) is 4.39 Å². The summed E-state index contributed by atoms with van der Waals surface area (Å²) in [6, 6.07) is 13.6. The van der Waals surface area contributed by atoms with Gasteiger partial charge in [0.1, 0.15) is 23.2 Å². The topological polar surface area (TPSA) is 56.5 Å². The predicted molar refractivity (Wildman–Crippen MR) is 169 cm³/mol. The zero-order chi connectivity index (χ0) is 30.3. The molecule has 0 bridgehead atoms. The van der Waals surface area contributed by atoms with Crippen LogP contribution in [0.2, 0.25) is 0 Å². The molecular formula is C34H48FN3O2. The molecule has 0 aliphatic heterocycles. The summed E-state index contributed by atoms with van der Waals surface area (Å²) in [6.07, 6.45) is 12.9. The Morgan fingerprint density at radius 3 is 1.95 bits per heavy atom. The van der Waals surface area contributed by atoms with Crippen LogP contribution in [-0.2, 0) is 11.2 Å². The van der Waals surface area contributed by atoms with Gasteiger partial charge in [0.05, 0.1) is 19.2 Å². The number of rotatable bonds is 9. The van der Waals surface area contributed by atoms with Crippen molar-refractivity contribution in [3.05, 3.63) is 90.8 Å². The number of allylic oxidation sites excluding steroid dienone is 3. The molecular weight excluding hydrogens is 501 g/mol. The van der Waals surface area contributed by atoms with Crippen LogP contribution in [0.1, 0.15) is 80.0 Å². The number of hydrogen-bond donors (Lipinski definition) is 0. The minimum Gasteiger partial charge on any atom is -0.497 e. The second-order valence-electron chi connectivity index (χ2n) is 9.04. The number of carbonyl (C=O) groups excluding carboxylic acids is 1. The number of Topliss-reactive ketones (excluding diaryl/α,β-unsaturated/α-hetero) is 1. The molecule has 5 nitrogen and oxygen atoms in total. The fraction of sp³-hybridized carbons (Fsp3) is 0.382. The van der Waals surface area contributed by atoms with Gasteiger partial charge < -0.3 is 9.30 Å². The Balaban J connectivity index is 0.000000784. The highest BCUT2D eigenvalue weighted by atomic mass is 19.1. The zero-order valence-corrected chi connectivity index (χ0v) is 25.7. The van der Waals surface area contributed by atoms with Gasteiger partial charge in [-0.2, -0.15) is 0 Å². The van der Waals surface area contributed by atoms with Crippen LogP contribution in [0.15, 0.2) is 84.1 Å². The van der Waals surface area contributed by atoms with Crippen molar-refractivity contribution in [2.75, 3.05) is 7.11 Å². The number of aromatic nitrogens is 2. The summed E-state index contributed by atoms with van der Waals surface area (Å²) >= 11 is 0. The summed E-state index contributed by atoms with van der Waals surface area (Å²) in [5.41, 5.74) is 3.27. The first-order chi connectivity index (χ1) is 19.2. The van der Waals surface area contributed by atoms with Crippen molar-refractivity contribution < 1.29 is 13.9 Å². The first kappa shape index (κ1) is 36.2. The molecule has 218 valence electrons. The number of ketones is 1. The third-order valence-corrected chi connectivity index (χ3v) is 5.25. The standard InChI is InChI=1S/C19H17FN2O2.C7H11N.2C4H10/c1-13(23)11-19-21-18(14-3-9-17(24-2)10-4-14)12-22(19)16-7-5-15(20)6-8-16;1-4-5-6-8-7(2)3;2*1-3-4-2/h3-10,12H,11H2,1-2H3;4-6H,2H2,1,3H3;2*3-4H2,1-2H3/b;5-4-,8-6?;;. The molecule has 1 aromatic heterocycles. The van der Waals surface area contributed by atoms with E-state index in [9.17, 15) is 9.18 Å². The summed E-state index contributed by atoms with van der Waals surface area (Å²) in [5, 5.41) is 0. The maximum absolute atomic E-state index is 13.2. The van der Waals surface area contributed by atoms with E-state index < -0.39 is 0 Å². The molecule has 3 aromatic rings. The molecule has 0 N–H and O–H groups in total. The van der Waals surface area contributed by atoms with E-state index in [-0.39, 0.29) is 18.0 Å². The highest BCUT2D eigenvalue weighted by molar-refractivity contribution is 5.78. The highest BCUT2D eigenvalue weighted by Gasteiger charge is 2.13. The van der Waals surface area contributed by atoms with E-state index in [2.05, 4.69) is 44.3 Å². The predicted octanol–water partition coefficient (Wildman–Crippen LogP) is 9.60. The Kier molecular flexibility index (Phi) is 20.0. The monoisotopic (exact) mass is 549 g/mol. The first-order valence-corrected chi connectivity index (χ1v) is 14.0. The lowest BCUT2D eigenvalue weighted by molar-refractivity contribution is -0.116. The lowest BCUT2D eigenvalue weighted by Gasteiger charge is -2.06. The van der Waals surface area contributed by atoms with Gasteiger partial charge in [-0.3, -0.25) is 9.79 Å². The minimum atomic E-state index is -0.303. The van der Waals surface area contributed by atoms with Crippen molar-refractivity contribution in [1.82, 2.24) is 9.55 Å². The summed E-state index contributed by atoms with van der Waals surface area (Å²) in [7, 11) is 1.61. The molecule has 0 saturated heterocycles. The molecule has 2 aromatic carbocycles. The number of benzene rings is 2. The number of imidazole rings is 1. The smallest absolute Gasteiger partial charge is 0.137 e. The molecule has 0 atom stereocenters. The minimum absolute atomic E-state index is 0.0187. The summed E-state index contributed by atoms with van der Waals surface area (Å²) in [6.45, 7) is 17.7. The Morgan fingerprint density at radius 1 is 0.975 bits per heavy atom. The molecule has 0 aliphatic carbocycles. The maximum Gasteiger partial charge on any atom is 0.137 e. The third kappa shape index (κ3) is 15.6. The molecule has 1 heterocycles. The largest absolute Gasteiger partial charge is 0.497 e. The zero-order valence-electron chi connectivity index (χ0n) is 25.7.